The van der Waals surface area contributed by atoms with E-state index in [1.165, 1.54) is 12.0 Å². The van der Waals surface area contributed by atoms with Crippen LogP contribution in [0.25, 0.3) is 0 Å². The van der Waals surface area contributed by atoms with E-state index in [4.69, 9.17) is 0 Å². The van der Waals surface area contributed by atoms with Crippen molar-refractivity contribution in [1.82, 2.24) is 4.90 Å². The SMILES string of the molecule is CC(=O)N1CCC[C@@H](c2ccccc2)C1. The fraction of sp³-hybridized carbons (Fsp3) is 0.462. The number of piperidine rings is 1. The van der Waals surface area contributed by atoms with Gasteiger partial charge in [-0.1, -0.05) is 30.3 Å². The summed E-state index contributed by atoms with van der Waals surface area (Å²) in [7, 11) is 0. The smallest absolute Gasteiger partial charge is 0.219 e. The Morgan fingerprint density at radius 3 is 2.73 bits per heavy atom. The molecule has 0 unspecified atom stereocenters. The zero-order chi connectivity index (χ0) is 10.7. The summed E-state index contributed by atoms with van der Waals surface area (Å²) < 4.78 is 0. The average molecular weight is 203 g/mol. The first-order valence-electron chi connectivity index (χ1n) is 5.58. The van der Waals surface area contributed by atoms with Gasteiger partial charge >= 0.3 is 0 Å². The minimum atomic E-state index is 0.204. The molecule has 15 heavy (non-hydrogen) atoms. The molecule has 1 aliphatic rings. The Bertz CT molecular complexity index is 334. The number of likely N-dealkylation sites (tertiary alicyclic amines) is 1. The van der Waals surface area contributed by atoms with Crippen LogP contribution in [0.2, 0.25) is 0 Å². The highest BCUT2D eigenvalue weighted by molar-refractivity contribution is 5.73. The number of carbonyl (C=O) groups is 1. The lowest BCUT2D eigenvalue weighted by Crippen LogP contribution is -2.37. The molecule has 1 fully saturated rings. The van der Waals surface area contributed by atoms with Gasteiger partial charge in [0.1, 0.15) is 0 Å². The minimum Gasteiger partial charge on any atom is -0.342 e. The van der Waals surface area contributed by atoms with E-state index in [-0.39, 0.29) is 5.91 Å². The van der Waals surface area contributed by atoms with Crippen LogP contribution in [-0.2, 0) is 4.79 Å². The van der Waals surface area contributed by atoms with E-state index in [0.717, 1.165) is 19.5 Å². The second kappa shape index (κ2) is 4.47. The molecule has 1 heterocycles. The molecule has 2 heteroatoms. The summed E-state index contributed by atoms with van der Waals surface area (Å²) in [6.07, 6.45) is 2.33. The summed E-state index contributed by atoms with van der Waals surface area (Å²) in [5, 5.41) is 0. The first-order valence-corrected chi connectivity index (χ1v) is 5.58. The van der Waals surface area contributed by atoms with E-state index < -0.39 is 0 Å². The maximum atomic E-state index is 11.3. The van der Waals surface area contributed by atoms with Crippen LogP contribution in [0.3, 0.4) is 0 Å². The van der Waals surface area contributed by atoms with Gasteiger partial charge in [0.15, 0.2) is 0 Å². The number of rotatable bonds is 1. The van der Waals surface area contributed by atoms with Gasteiger partial charge in [-0.05, 0) is 18.4 Å². The molecule has 80 valence electrons. The molecule has 0 N–H and O–H groups in total. The normalized spacial score (nSPS) is 21.4. The largest absolute Gasteiger partial charge is 0.342 e. The molecular weight excluding hydrogens is 186 g/mol. The Kier molecular flexibility index (Phi) is 3.05. The van der Waals surface area contributed by atoms with Gasteiger partial charge in [-0.2, -0.15) is 0 Å². The molecule has 0 aliphatic carbocycles. The Labute approximate surface area is 90.9 Å². The monoisotopic (exact) mass is 203 g/mol. The number of carbonyl (C=O) groups excluding carboxylic acids is 1. The van der Waals surface area contributed by atoms with Gasteiger partial charge in [0.25, 0.3) is 0 Å². The van der Waals surface area contributed by atoms with E-state index in [1.54, 1.807) is 6.92 Å². The second-order valence-corrected chi connectivity index (χ2v) is 4.21. The van der Waals surface area contributed by atoms with E-state index in [1.807, 2.05) is 11.0 Å². The van der Waals surface area contributed by atoms with Gasteiger partial charge in [0, 0.05) is 25.9 Å². The molecule has 1 aromatic rings. The zero-order valence-electron chi connectivity index (χ0n) is 9.15. The van der Waals surface area contributed by atoms with E-state index in [2.05, 4.69) is 24.3 Å². The van der Waals surface area contributed by atoms with Crippen molar-refractivity contribution >= 4 is 5.91 Å². The molecule has 2 rings (SSSR count). The quantitative estimate of drug-likeness (QED) is 0.686. The number of benzene rings is 1. The van der Waals surface area contributed by atoms with Gasteiger partial charge in [0.05, 0.1) is 0 Å². The summed E-state index contributed by atoms with van der Waals surface area (Å²) >= 11 is 0. The topological polar surface area (TPSA) is 20.3 Å². The number of hydrogen-bond donors (Lipinski definition) is 0. The molecule has 1 saturated heterocycles. The molecule has 1 amide bonds. The van der Waals surface area contributed by atoms with Crippen molar-refractivity contribution in [3.63, 3.8) is 0 Å². The van der Waals surface area contributed by atoms with Crippen LogP contribution in [0.5, 0.6) is 0 Å². The standard InChI is InChI=1S/C13H17NO/c1-11(15)14-9-5-8-13(10-14)12-6-3-2-4-7-12/h2-4,6-7,13H,5,8-10H2,1H3/t13-/m1/s1. The fourth-order valence-corrected chi connectivity index (χ4v) is 2.26. The lowest BCUT2D eigenvalue weighted by atomic mass is 9.91. The minimum absolute atomic E-state index is 0.204. The zero-order valence-corrected chi connectivity index (χ0v) is 9.15. The van der Waals surface area contributed by atoms with Crippen molar-refractivity contribution < 1.29 is 4.79 Å². The molecule has 1 aromatic carbocycles. The first kappa shape index (κ1) is 10.2. The summed E-state index contributed by atoms with van der Waals surface area (Å²) in [4.78, 5) is 13.3. The molecule has 0 aromatic heterocycles. The summed E-state index contributed by atoms with van der Waals surface area (Å²) in [6.45, 7) is 3.48. The molecule has 0 spiro atoms. The van der Waals surface area contributed by atoms with Crippen LogP contribution in [0.4, 0.5) is 0 Å². The van der Waals surface area contributed by atoms with Crippen molar-refractivity contribution in [2.75, 3.05) is 13.1 Å². The molecule has 0 bridgehead atoms. The van der Waals surface area contributed by atoms with Gasteiger partial charge < -0.3 is 4.90 Å². The van der Waals surface area contributed by atoms with Crippen molar-refractivity contribution in [2.45, 2.75) is 25.7 Å². The van der Waals surface area contributed by atoms with E-state index in [9.17, 15) is 4.79 Å². The Balaban J connectivity index is 2.08. The summed E-state index contributed by atoms with van der Waals surface area (Å²) in [6, 6.07) is 10.5. The lowest BCUT2D eigenvalue weighted by molar-refractivity contribution is -0.130. The van der Waals surface area contributed by atoms with Gasteiger partial charge in [-0.3, -0.25) is 4.79 Å². The molecule has 0 saturated carbocycles. The maximum absolute atomic E-state index is 11.3. The van der Waals surface area contributed by atoms with Crippen LogP contribution in [-0.4, -0.2) is 23.9 Å². The predicted octanol–water partition coefficient (Wildman–Crippen LogP) is 2.41. The second-order valence-electron chi connectivity index (χ2n) is 4.21. The van der Waals surface area contributed by atoms with Crippen molar-refractivity contribution in [3.05, 3.63) is 35.9 Å². The van der Waals surface area contributed by atoms with Crippen LogP contribution < -0.4 is 0 Å². The number of amides is 1. The van der Waals surface area contributed by atoms with E-state index >= 15 is 0 Å². The highest BCUT2D eigenvalue weighted by atomic mass is 16.2. The molecule has 1 aliphatic heterocycles. The first-order chi connectivity index (χ1) is 7.27. The van der Waals surface area contributed by atoms with Crippen molar-refractivity contribution in [3.8, 4) is 0 Å². The Morgan fingerprint density at radius 1 is 1.33 bits per heavy atom. The third-order valence-corrected chi connectivity index (χ3v) is 3.14. The highest BCUT2D eigenvalue weighted by Crippen LogP contribution is 2.26. The maximum Gasteiger partial charge on any atom is 0.219 e. The predicted molar refractivity (Wildman–Crippen MR) is 60.7 cm³/mol. The molecule has 2 nitrogen and oxygen atoms in total. The van der Waals surface area contributed by atoms with Gasteiger partial charge in [-0.15, -0.1) is 0 Å². The van der Waals surface area contributed by atoms with Crippen molar-refractivity contribution in [2.24, 2.45) is 0 Å². The van der Waals surface area contributed by atoms with Crippen LogP contribution >= 0.6 is 0 Å². The summed E-state index contributed by atoms with van der Waals surface area (Å²) in [5.74, 6) is 0.736. The van der Waals surface area contributed by atoms with Crippen molar-refractivity contribution in [1.29, 1.82) is 0 Å². The third kappa shape index (κ3) is 2.38. The van der Waals surface area contributed by atoms with Crippen LogP contribution in [0, 0.1) is 0 Å². The van der Waals surface area contributed by atoms with E-state index in [0.29, 0.717) is 5.92 Å². The molecule has 1 atom stereocenters. The molecule has 0 radical (unpaired) electrons. The Hall–Kier alpha value is -1.31. The van der Waals surface area contributed by atoms with Gasteiger partial charge in [0.2, 0.25) is 5.91 Å². The fourth-order valence-electron chi connectivity index (χ4n) is 2.26. The Morgan fingerprint density at radius 2 is 2.07 bits per heavy atom. The lowest BCUT2D eigenvalue weighted by Gasteiger charge is -2.32. The average Bonchev–Trinajstić information content (AvgIpc) is 2.30. The number of hydrogen-bond acceptors (Lipinski definition) is 1. The van der Waals surface area contributed by atoms with Gasteiger partial charge in [-0.25, -0.2) is 0 Å². The summed E-state index contributed by atoms with van der Waals surface area (Å²) in [5.41, 5.74) is 1.36. The number of nitrogens with zero attached hydrogens (tertiary/aromatic N) is 1. The molecular formula is C13H17NO. The van der Waals surface area contributed by atoms with Crippen LogP contribution in [0.1, 0.15) is 31.2 Å². The van der Waals surface area contributed by atoms with Crippen LogP contribution in [0.15, 0.2) is 30.3 Å². The highest BCUT2D eigenvalue weighted by Gasteiger charge is 2.22. The third-order valence-electron chi connectivity index (χ3n) is 3.14.